The number of aryl methyl sites for hydroxylation is 1. The third-order valence-corrected chi connectivity index (χ3v) is 6.12. The van der Waals surface area contributed by atoms with Crippen LogP contribution in [0, 0.1) is 12.8 Å². The van der Waals surface area contributed by atoms with Crippen molar-refractivity contribution in [3.63, 3.8) is 0 Å². The summed E-state index contributed by atoms with van der Waals surface area (Å²) in [6, 6.07) is 7.99. The molecule has 29 heavy (non-hydrogen) atoms. The quantitative estimate of drug-likeness (QED) is 0.702. The van der Waals surface area contributed by atoms with Gasteiger partial charge in [-0.1, -0.05) is 12.1 Å². The second-order valence-corrected chi connectivity index (χ2v) is 8.19. The zero-order chi connectivity index (χ0) is 21.0. The first-order chi connectivity index (χ1) is 13.9. The first kappa shape index (κ1) is 21.2. The normalized spacial score (nSPS) is 16.7. The average Bonchev–Trinajstić information content (AvgIpc) is 3.11. The number of carbonyl (C=O) groups is 2. The average molecular weight is 422 g/mol. The molecule has 0 saturated carbocycles. The van der Waals surface area contributed by atoms with Gasteiger partial charge in [-0.05, 0) is 48.9 Å². The zero-order valence-corrected chi connectivity index (χ0v) is 17.3. The van der Waals surface area contributed by atoms with Crippen LogP contribution in [0.3, 0.4) is 0 Å². The summed E-state index contributed by atoms with van der Waals surface area (Å²) in [5.41, 5.74) is 1.24. The van der Waals surface area contributed by atoms with Gasteiger partial charge < -0.3 is 14.5 Å². The minimum atomic E-state index is -3.01. The number of piperidine rings is 1. The standard InChI is InChI=1S/C21H24F2N2O3S/c1-14-9-11-29-18(14)13-24(2)19(26)15-6-5-10-25(12-15)20(27)16-7-3-4-8-17(16)28-21(22)23/h3-4,7-9,11,15,21H,5-6,10,12-13H2,1-2H3. The summed E-state index contributed by atoms with van der Waals surface area (Å²) in [4.78, 5) is 30.2. The van der Waals surface area contributed by atoms with E-state index >= 15 is 0 Å². The molecule has 1 aromatic carbocycles. The summed E-state index contributed by atoms with van der Waals surface area (Å²) in [6.45, 7) is 0.310. The van der Waals surface area contributed by atoms with E-state index in [4.69, 9.17) is 0 Å². The summed E-state index contributed by atoms with van der Waals surface area (Å²) in [7, 11) is 1.77. The van der Waals surface area contributed by atoms with Crippen LogP contribution in [0.15, 0.2) is 35.7 Å². The van der Waals surface area contributed by atoms with E-state index in [-0.39, 0.29) is 29.7 Å². The molecule has 5 nitrogen and oxygen atoms in total. The number of benzene rings is 1. The van der Waals surface area contributed by atoms with Crippen LogP contribution in [0.25, 0.3) is 0 Å². The van der Waals surface area contributed by atoms with Gasteiger partial charge in [-0.3, -0.25) is 9.59 Å². The Balaban J connectivity index is 1.68. The topological polar surface area (TPSA) is 49.9 Å². The van der Waals surface area contributed by atoms with Crippen molar-refractivity contribution in [2.45, 2.75) is 32.9 Å². The third-order valence-electron chi connectivity index (χ3n) is 5.12. The molecule has 3 rings (SSSR count). The first-order valence-corrected chi connectivity index (χ1v) is 10.4. The van der Waals surface area contributed by atoms with Crippen LogP contribution in [0.2, 0.25) is 0 Å². The van der Waals surface area contributed by atoms with Gasteiger partial charge in [0, 0.05) is 25.0 Å². The minimum Gasteiger partial charge on any atom is -0.434 e. The van der Waals surface area contributed by atoms with Crippen LogP contribution in [0.4, 0.5) is 8.78 Å². The lowest BCUT2D eigenvalue weighted by molar-refractivity contribution is -0.136. The van der Waals surface area contributed by atoms with Crippen molar-refractivity contribution in [2.75, 3.05) is 20.1 Å². The fraction of sp³-hybridized carbons (Fsp3) is 0.429. The van der Waals surface area contributed by atoms with E-state index in [1.54, 1.807) is 40.3 Å². The number of ether oxygens (including phenoxy) is 1. The molecule has 0 N–H and O–H groups in total. The Bertz CT molecular complexity index is 871. The van der Waals surface area contributed by atoms with Gasteiger partial charge in [-0.15, -0.1) is 11.3 Å². The van der Waals surface area contributed by atoms with Crippen LogP contribution in [0.5, 0.6) is 5.75 Å². The molecule has 1 atom stereocenters. The molecule has 156 valence electrons. The molecule has 0 radical (unpaired) electrons. The number of hydrogen-bond donors (Lipinski definition) is 0. The minimum absolute atomic E-state index is 0.00702. The van der Waals surface area contributed by atoms with Crippen molar-refractivity contribution in [2.24, 2.45) is 5.92 Å². The maximum Gasteiger partial charge on any atom is 0.387 e. The number of nitrogens with zero attached hydrogens (tertiary/aromatic N) is 2. The highest BCUT2D eigenvalue weighted by molar-refractivity contribution is 7.10. The number of carbonyl (C=O) groups excluding carboxylic acids is 2. The van der Waals surface area contributed by atoms with E-state index in [1.165, 1.54) is 12.1 Å². The smallest absolute Gasteiger partial charge is 0.387 e. The number of thiophene rings is 1. The largest absolute Gasteiger partial charge is 0.434 e. The molecule has 1 unspecified atom stereocenters. The highest BCUT2D eigenvalue weighted by Crippen LogP contribution is 2.26. The summed E-state index contributed by atoms with van der Waals surface area (Å²) >= 11 is 1.62. The van der Waals surface area contributed by atoms with Gasteiger partial charge in [0.15, 0.2) is 0 Å². The lowest BCUT2D eigenvalue weighted by Crippen LogP contribution is -2.45. The number of hydrogen-bond acceptors (Lipinski definition) is 4. The van der Waals surface area contributed by atoms with Crippen molar-refractivity contribution >= 4 is 23.2 Å². The molecule has 1 aliphatic heterocycles. The van der Waals surface area contributed by atoms with Gasteiger partial charge in [-0.25, -0.2) is 0 Å². The number of likely N-dealkylation sites (tertiary alicyclic amines) is 1. The van der Waals surface area contributed by atoms with E-state index < -0.39 is 12.5 Å². The van der Waals surface area contributed by atoms with Gasteiger partial charge in [0.1, 0.15) is 5.75 Å². The third kappa shape index (κ3) is 5.12. The summed E-state index contributed by atoms with van der Waals surface area (Å²) < 4.78 is 29.8. The monoisotopic (exact) mass is 422 g/mol. The van der Waals surface area contributed by atoms with Gasteiger partial charge in [0.25, 0.3) is 5.91 Å². The molecular weight excluding hydrogens is 398 g/mol. The summed E-state index contributed by atoms with van der Waals surface area (Å²) in [6.07, 6.45) is 1.39. The lowest BCUT2D eigenvalue weighted by atomic mass is 9.95. The molecule has 0 spiro atoms. The number of amides is 2. The van der Waals surface area contributed by atoms with Gasteiger partial charge >= 0.3 is 6.61 Å². The van der Waals surface area contributed by atoms with Crippen molar-refractivity contribution in [1.29, 1.82) is 0 Å². The van der Waals surface area contributed by atoms with E-state index in [9.17, 15) is 18.4 Å². The van der Waals surface area contributed by atoms with Crippen molar-refractivity contribution in [3.8, 4) is 5.75 Å². The van der Waals surface area contributed by atoms with E-state index in [1.807, 2.05) is 18.4 Å². The van der Waals surface area contributed by atoms with E-state index in [2.05, 4.69) is 4.74 Å². The molecule has 1 saturated heterocycles. The maximum absolute atomic E-state index is 12.9. The van der Waals surface area contributed by atoms with Crippen LogP contribution >= 0.6 is 11.3 Å². The van der Waals surface area contributed by atoms with Crippen molar-refractivity contribution in [3.05, 3.63) is 51.7 Å². The highest BCUT2D eigenvalue weighted by atomic mass is 32.1. The lowest BCUT2D eigenvalue weighted by Gasteiger charge is -2.34. The zero-order valence-electron chi connectivity index (χ0n) is 16.4. The maximum atomic E-state index is 12.9. The van der Waals surface area contributed by atoms with Crippen LogP contribution in [-0.2, 0) is 11.3 Å². The van der Waals surface area contributed by atoms with Gasteiger partial charge in [0.2, 0.25) is 5.91 Å². The van der Waals surface area contributed by atoms with E-state index in [0.29, 0.717) is 25.9 Å². The molecule has 2 heterocycles. The van der Waals surface area contributed by atoms with Crippen LogP contribution in [-0.4, -0.2) is 48.4 Å². The second-order valence-electron chi connectivity index (χ2n) is 7.19. The summed E-state index contributed by atoms with van der Waals surface area (Å²) in [5, 5.41) is 2.00. The molecule has 1 fully saturated rings. The number of rotatable bonds is 6. The Hall–Kier alpha value is -2.48. The van der Waals surface area contributed by atoms with Crippen molar-refractivity contribution < 1.29 is 23.1 Å². The number of para-hydroxylation sites is 1. The fourth-order valence-electron chi connectivity index (χ4n) is 3.55. The molecule has 8 heteroatoms. The first-order valence-electron chi connectivity index (χ1n) is 9.48. The molecular formula is C21H24F2N2O3S. The van der Waals surface area contributed by atoms with Crippen LogP contribution in [0.1, 0.15) is 33.6 Å². The Kier molecular flexibility index (Phi) is 6.84. The number of alkyl halides is 2. The predicted octanol–water partition coefficient (Wildman–Crippen LogP) is 4.17. The molecule has 2 amide bonds. The predicted molar refractivity (Wildman–Crippen MR) is 107 cm³/mol. The Labute approximate surface area is 172 Å². The van der Waals surface area contributed by atoms with Crippen LogP contribution < -0.4 is 4.74 Å². The van der Waals surface area contributed by atoms with Gasteiger partial charge in [0.05, 0.1) is 18.0 Å². The van der Waals surface area contributed by atoms with Gasteiger partial charge in [-0.2, -0.15) is 8.78 Å². The Morgan fingerprint density at radius 1 is 1.31 bits per heavy atom. The fourth-order valence-corrected chi connectivity index (χ4v) is 4.51. The molecule has 2 aromatic rings. The number of halogens is 2. The van der Waals surface area contributed by atoms with E-state index in [0.717, 1.165) is 10.4 Å². The summed E-state index contributed by atoms with van der Waals surface area (Å²) in [5.74, 6) is -0.852. The molecule has 1 aliphatic rings. The SMILES string of the molecule is Cc1ccsc1CN(C)C(=O)C1CCCN(C(=O)c2ccccc2OC(F)F)C1. The molecule has 0 bridgehead atoms. The Morgan fingerprint density at radius 2 is 2.07 bits per heavy atom. The Morgan fingerprint density at radius 3 is 2.76 bits per heavy atom. The second kappa shape index (κ2) is 9.35. The van der Waals surface area contributed by atoms with Crippen molar-refractivity contribution in [1.82, 2.24) is 9.80 Å². The molecule has 0 aliphatic carbocycles. The highest BCUT2D eigenvalue weighted by Gasteiger charge is 2.32. The molecule has 1 aromatic heterocycles.